The molecule has 0 unspecified atom stereocenters. The van der Waals surface area contributed by atoms with Gasteiger partial charge in [-0.1, -0.05) is 72.8 Å². The first-order valence-electron chi connectivity index (χ1n) is 28.1. The molecule has 23 heteroatoms. The number of amides is 4. The maximum atomic E-state index is 13.4. The number of likely N-dealkylation sites (N-methyl/N-ethyl adjacent to an activating group) is 1. The molecule has 0 spiro atoms. The molecule has 6 aromatic rings. The van der Waals surface area contributed by atoms with Gasteiger partial charge < -0.3 is 33.5 Å². The largest absolute Gasteiger partial charge is 0.489 e. The van der Waals surface area contributed by atoms with Gasteiger partial charge in [0.25, 0.3) is 0 Å². The Balaban J connectivity index is 0.000000170. The smallest absolute Gasteiger partial charge is 0.317 e. The van der Waals surface area contributed by atoms with Gasteiger partial charge in [-0.3, -0.25) is 44.4 Å². The second-order valence-corrected chi connectivity index (χ2v) is 21.9. The molecular formula is C64H70N7O16+. The summed E-state index contributed by atoms with van der Waals surface area (Å²) in [6.45, 7) is 7.13. The Bertz CT molecular complexity index is 3470. The van der Waals surface area contributed by atoms with Crippen LogP contribution >= 0.6 is 0 Å². The van der Waals surface area contributed by atoms with Gasteiger partial charge >= 0.3 is 11.9 Å². The molecule has 1 heterocycles. The molecule has 0 aromatic heterocycles. The first-order chi connectivity index (χ1) is 41.9. The predicted molar refractivity (Wildman–Crippen MR) is 308 cm³/mol. The van der Waals surface area contributed by atoms with Crippen LogP contribution in [0.1, 0.15) is 59.6 Å². The third kappa shape index (κ3) is 15.1. The molecule has 1 saturated heterocycles. The lowest BCUT2D eigenvalue weighted by atomic mass is 9.91. The highest BCUT2D eigenvalue weighted by Crippen LogP contribution is 2.58. The molecular weight excluding hydrogens is 1120 g/mol. The third-order valence-electron chi connectivity index (χ3n) is 16.2. The fourth-order valence-electron chi connectivity index (χ4n) is 11.0. The molecule has 0 bridgehead atoms. The van der Waals surface area contributed by atoms with Crippen molar-refractivity contribution in [3.8, 4) is 34.8 Å². The van der Waals surface area contributed by atoms with Gasteiger partial charge in [0.1, 0.15) is 40.8 Å². The zero-order chi connectivity index (χ0) is 62.5. The van der Waals surface area contributed by atoms with Crippen molar-refractivity contribution in [2.45, 2.75) is 58.0 Å². The molecule has 3 aliphatic carbocycles. The Morgan fingerprint density at radius 1 is 0.609 bits per heavy atom. The number of methoxy groups -OCH3 is 1. The van der Waals surface area contributed by atoms with E-state index >= 15 is 0 Å². The van der Waals surface area contributed by atoms with Crippen LogP contribution < -0.4 is 35.9 Å². The minimum atomic E-state index is -1.14. The van der Waals surface area contributed by atoms with Crippen LogP contribution in [0.2, 0.25) is 0 Å². The summed E-state index contributed by atoms with van der Waals surface area (Å²) in [5, 5.41) is 53.8. The summed E-state index contributed by atoms with van der Waals surface area (Å²) in [6, 6.07) is 45.1. The topological polar surface area (TPSA) is 321 Å². The molecule has 10 rings (SSSR count). The monoisotopic (exact) mass is 1190 g/mol. The standard InChI is InChI=1S/C24H29N3O4.C21H24N2O7.C19H16N2O5/c1-26-11-13-27(14-12-26)23(29)24(16-21(24)22(28)25-30)15-18-7-9-20(10-8-18)31-17-19-5-3-2-4-6-19;1-3-29-20(25)21(12-17(21)19(24)22-26)11-14-5-8-15(9-6-14)30-16-7-4-13(2)18(10-16)23(27)28;1-25-18(23)19(10-16(19)17(22)21-24)13-5-3-7-15(9-13)26-14-6-2-4-12(8-14)11-20/h2-10,21,30H,11-17H2,1H3,(H,25,28);4-10,17,26-28H,3,11-12H2,1-2H3,(H,22,24);2-9,16,24H,10H2,1H3,(H,21,22)/p+1/t21-,24+;17-,21+;16-,19-/m110/s1. The lowest BCUT2D eigenvalue weighted by Crippen LogP contribution is -3.02. The first-order valence-corrected chi connectivity index (χ1v) is 28.1. The molecule has 4 amide bonds. The van der Waals surface area contributed by atoms with Gasteiger partial charge in [0.15, 0.2) is 0 Å². The van der Waals surface area contributed by atoms with Crippen LogP contribution in [0.3, 0.4) is 0 Å². The number of piperazine rings is 1. The summed E-state index contributed by atoms with van der Waals surface area (Å²) in [5.41, 5.74) is 6.93. The maximum absolute atomic E-state index is 13.4. The number of nitriles is 1. The van der Waals surface area contributed by atoms with Crippen LogP contribution in [0.5, 0.6) is 28.7 Å². The van der Waals surface area contributed by atoms with Crippen LogP contribution in [-0.2, 0) is 63.1 Å². The van der Waals surface area contributed by atoms with Crippen molar-refractivity contribution < 1.29 is 83.7 Å². The molecule has 4 fully saturated rings. The summed E-state index contributed by atoms with van der Waals surface area (Å²) in [6.07, 6.45) is 1.77. The second-order valence-electron chi connectivity index (χ2n) is 21.9. The number of nitrogens with zero attached hydrogens (tertiary/aromatic N) is 3. The van der Waals surface area contributed by atoms with Gasteiger partial charge in [-0.25, -0.2) is 16.4 Å². The van der Waals surface area contributed by atoms with Crippen molar-refractivity contribution in [3.05, 3.63) is 179 Å². The molecule has 87 heavy (non-hydrogen) atoms. The van der Waals surface area contributed by atoms with E-state index in [9.17, 15) is 39.2 Å². The van der Waals surface area contributed by atoms with E-state index in [1.807, 2.05) is 72.6 Å². The van der Waals surface area contributed by atoms with Gasteiger partial charge in [-0.15, -0.1) is 0 Å². The molecule has 6 atom stereocenters. The number of benzene rings is 6. The maximum Gasteiger partial charge on any atom is 0.317 e. The summed E-state index contributed by atoms with van der Waals surface area (Å²) < 4.78 is 27.4. The molecule has 23 nitrogen and oxygen atoms in total. The minimum Gasteiger partial charge on any atom is -0.489 e. The number of nitrogens with one attached hydrogen (secondary N) is 4. The number of ether oxygens (including phenoxy) is 5. The molecule has 4 aliphatic rings. The van der Waals surface area contributed by atoms with Gasteiger partial charge in [0.2, 0.25) is 29.3 Å². The Kier molecular flexibility index (Phi) is 20.7. The predicted octanol–water partition coefficient (Wildman–Crippen LogP) is 6.08. The molecule has 9 N–H and O–H groups in total. The lowest BCUT2D eigenvalue weighted by Gasteiger charge is -2.35. The van der Waals surface area contributed by atoms with Gasteiger partial charge in [0.05, 0.1) is 53.9 Å². The van der Waals surface area contributed by atoms with Crippen molar-refractivity contribution in [3.63, 3.8) is 0 Å². The molecule has 0 radical (unpaired) electrons. The first kappa shape index (κ1) is 63.8. The van der Waals surface area contributed by atoms with Crippen LogP contribution in [0, 0.1) is 46.8 Å². The van der Waals surface area contributed by atoms with Crippen molar-refractivity contribution >= 4 is 41.3 Å². The number of hydrogen-bond acceptors (Lipinski definition) is 18. The normalized spacial score (nSPS) is 21.3. The van der Waals surface area contributed by atoms with E-state index in [0.29, 0.717) is 85.1 Å². The summed E-state index contributed by atoms with van der Waals surface area (Å²) >= 11 is 0. The van der Waals surface area contributed by atoms with E-state index in [1.165, 1.54) is 13.2 Å². The lowest BCUT2D eigenvalue weighted by molar-refractivity contribution is -1.19. The van der Waals surface area contributed by atoms with Crippen LogP contribution in [0.15, 0.2) is 146 Å². The summed E-state index contributed by atoms with van der Waals surface area (Å²) in [4.78, 5) is 77.9. The van der Waals surface area contributed by atoms with E-state index in [-0.39, 0.29) is 24.6 Å². The van der Waals surface area contributed by atoms with E-state index in [4.69, 9.17) is 44.6 Å². The van der Waals surface area contributed by atoms with Crippen molar-refractivity contribution in [1.29, 1.82) is 5.26 Å². The number of rotatable bonds is 20. The zero-order valence-electron chi connectivity index (χ0n) is 48.4. The summed E-state index contributed by atoms with van der Waals surface area (Å²) in [5.74, 6) is -1.89. The molecule has 6 aromatic carbocycles. The third-order valence-corrected chi connectivity index (χ3v) is 16.2. The fraction of sp³-hybridized carbons (Fsp3) is 0.328. The molecule has 1 aliphatic heterocycles. The van der Waals surface area contributed by atoms with Crippen LogP contribution in [0.25, 0.3) is 0 Å². The van der Waals surface area contributed by atoms with E-state index in [1.54, 1.807) is 115 Å². The van der Waals surface area contributed by atoms with Crippen LogP contribution in [-0.4, -0.2) is 118 Å². The number of aryl methyl sites for hydroxylation is 1. The van der Waals surface area contributed by atoms with Crippen molar-refractivity contribution in [2.75, 3.05) is 46.9 Å². The Hall–Kier alpha value is -9.25. The van der Waals surface area contributed by atoms with Gasteiger partial charge in [0, 0.05) is 37.8 Å². The zero-order valence-corrected chi connectivity index (χ0v) is 48.4. The van der Waals surface area contributed by atoms with Crippen molar-refractivity contribution in [2.24, 2.45) is 28.6 Å². The van der Waals surface area contributed by atoms with Gasteiger partial charge in [-0.05, 0) is 147 Å². The fourth-order valence-corrected chi connectivity index (χ4v) is 11.0. The van der Waals surface area contributed by atoms with E-state index in [0.717, 1.165) is 35.5 Å². The minimum absolute atomic E-state index is 0.0126. The average Bonchev–Trinajstić information content (AvgIpc) is 1.63. The highest BCUT2D eigenvalue weighted by Gasteiger charge is 2.67. The quantitative estimate of drug-likeness (QED) is 0.0238. The highest BCUT2D eigenvalue weighted by atomic mass is 16.8. The van der Waals surface area contributed by atoms with Crippen molar-refractivity contribution in [1.82, 2.24) is 26.2 Å². The number of carbonyl (C=O) groups is 6. The number of hydrogen-bond donors (Lipinski definition) is 9. The second kappa shape index (κ2) is 28.3. The Morgan fingerprint density at radius 3 is 1.75 bits per heavy atom. The number of quaternary nitrogens is 1. The Morgan fingerprint density at radius 2 is 1.15 bits per heavy atom. The SMILES string of the molecule is CCOC(=O)[C@@]1(Cc2ccc(Oc3ccc(C)c([NH+](O)O)c3)cc2)C[C@@H]1C(=O)NO.CN1CCN(C(=O)[C@@]2(Cc3ccc(OCc4ccccc4)cc3)C[C@@H]2C(=O)NO)CC1.COC(=O)[C@]1(c2cccc(Oc3cccc(C#N)c3)c2)C[C@H]1C(=O)NO. The number of esters is 2. The van der Waals surface area contributed by atoms with Gasteiger partial charge in [-0.2, -0.15) is 15.7 Å². The van der Waals surface area contributed by atoms with E-state index < -0.39 is 68.9 Å². The van der Waals surface area contributed by atoms with Crippen LogP contribution in [0.4, 0.5) is 5.69 Å². The summed E-state index contributed by atoms with van der Waals surface area (Å²) in [7, 11) is 3.29. The molecule has 456 valence electrons. The Labute approximate surface area is 502 Å². The van der Waals surface area contributed by atoms with E-state index in [2.05, 4.69) is 4.90 Å². The molecule has 3 saturated carbocycles. The average molecular weight is 1190 g/mol. The number of carbonyl (C=O) groups excluding carboxylic acids is 6. The highest BCUT2D eigenvalue weighted by molar-refractivity contribution is 5.98. The number of hydroxylamine groups is 3.